The van der Waals surface area contributed by atoms with Crippen molar-refractivity contribution in [2.24, 2.45) is 4.99 Å². The average molecular weight is 358 g/mol. The SMILES string of the molecule is CCNC(=NCc1cccc(COC)c1)NCc1c(CC)noc1CC. The molecule has 0 amide bonds. The second-order valence-corrected chi connectivity index (χ2v) is 6.04. The van der Waals surface area contributed by atoms with Gasteiger partial charge in [-0.3, -0.25) is 0 Å². The maximum absolute atomic E-state index is 5.43. The van der Waals surface area contributed by atoms with E-state index in [9.17, 15) is 0 Å². The van der Waals surface area contributed by atoms with E-state index in [0.717, 1.165) is 53.5 Å². The Morgan fingerprint density at radius 3 is 2.65 bits per heavy atom. The Morgan fingerprint density at radius 2 is 1.96 bits per heavy atom. The van der Waals surface area contributed by atoms with Crippen molar-refractivity contribution < 1.29 is 9.26 Å². The van der Waals surface area contributed by atoms with Crippen LogP contribution in [0.15, 0.2) is 33.8 Å². The van der Waals surface area contributed by atoms with Crippen molar-refractivity contribution in [2.45, 2.75) is 53.3 Å². The van der Waals surface area contributed by atoms with E-state index < -0.39 is 0 Å². The number of guanidine groups is 1. The molecule has 0 spiro atoms. The van der Waals surface area contributed by atoms with Crippen LogP contribution in [0.25, 0.3) is 0 Å². The third-order valence-electron chi connectivity index (χ3n) is 4.11. The van der Waals surface area contributed by atoms with Gasteiger partial charge in [-0.05, 0) is 24.5 Å². The number of hydrogen-bond acceptors (Lipinski definition) is 4. The first-order chi connectivity index (χ1) is 12.7. The summed E-state index contributed by atoms with van der Waals surface area (Å²) in [5.41, 5.74) is 4.47. The van der Waals surface area contributed by atoms with E-state index >= 15 is 0 Å². The summed E-state index contributed by atoms with van der Waals surface area (Å²) in [5, 5.41) is 10.9. The first-order valence-electron chi connectivity index (χ1n) is 9.26. The number of aryl methyl sites for hydroxylation is 2. The van der Waals surface area contributed by atoms with Crippen molar-refractivity contribution in [3.8, 4) is 0 Å². The number of benzene rings is 1. The monoisotopic (exact) mass is 358 g/mol. The van der Waals surface area contributed by atoms with E-state index in [2.05, 4.69) is 54.8 Å². The van der Waals surface area contributed by atoms with E-state index in [4.69, 9.17) is 14.3 Å². The van der Waals surface area contributed by atoms with Gasteiger partial charge in [0.15, 0.2) is 5.96 Å². The smallest absolute Gasteiger partial charge is 0.191 e. The molecule has 0 fully saturated rings. The van der Waals surface area contributed by atoms with Crippen LogP contribution in [0.5, 0.6) is 0 Å². The lowest BCUT2D eigenvalue weighted by Gasteiger charge is -2.12. The molecular formula is C20H30N4O2. The van der Waals surface area contributed by atoms with Crippen molar-refractivity contribution in [2.75, 3.05) is 13.7 Å². The van der Waals surface area contributed by atoms with E-state index in [1.54, 1.807) is 7.11 Å². The number of nitrogens with one attached hydrogen (secondary N) is 2. The lowest BCUT2D eigenvalue weighted by atomic mass is 10.1. The zero-order chi connectivity index (χ0) is 18.8. The minimum absolute atomic E-state index is 0.609. The number of aromatic nitrogens is 1. The van der Waals surface area contributed by atoms with E-state index in [-0.39, 0.29) is 0 Å². The summed E-state index contributed by atoms with van der Waals surface area (Å²) in [5.74, 6) is 1.73. The highest BCUT2D eigenvalue weighted by molar-refractivity contribution is 5.79. The van der Waals surface area contributed by atoms with Crippen LogP contribution in [0.4, 0.5) is 0 Å². The molecule has 0 atom stereocenters. The van der Waals surface area contributed by atoms with Gasteiger partial charge >= 0.3 is 0 Å². The van der Waals surface area contributed by atoms with Crippen LogP contribution in [0.1, 0.15) is 48.9 Å². The molecule has 0 bridgehead atoms. The van der Waals surface area contributed by atoms with Crippen LogP contribution in [-0.4, -0.2) is 24.8 Å². The van der Waals surface area contributed by atoms with Crippen LogP contribution in [0, 0.1) is 0 Å². The fraction of sp³-hybridized carbons (Fsp3) is 0.500. The molecule has 0 unspecified atom stereocenters. The first-order valence-corrected chi connectivity index (χ1v) is 9.26. The van der Waals surface area contributed by atoms with Gasteiger partial charge in [-0.15, -0.1) is 0 Å². The molecule has 0 saturated carbocycles. The number of nitrogens with zero attached hydrogens (tertiary/aromatic N) is 2. The number of rotatable bonds is 9. The number of aliphatic imine (C=N–C) groups is 1. The minimum Gasteiger partial charge on any atom is -0.380 e. The van der Waals surface area contributed by atoms with Crippen LogP contribution < -0.4 is 10.6 Å². The van der Waals surface area contributed by atoms with E-state index in [1.807, 2.05) is 6.07 Å². The maximum Gasteiger partial charge on any atom is 0.191 e. The Kier molecular flexibility index (Phi) is 8.15. The maximum atomic E-state index is 5.43. The van der Waals surface area contributed by atoms with Crippen molar-refractivity contribution in [1.29, 1.82) is 0 Å². The fourth-order valence-electron chi connectivity index (χ4n) is 2.81. The van der Waals surface area contributed by atoms with Crippen molar-refractivity contribution >= 4 is 5.96 Å². The van der Waals surface area contributed by atoms with Crippen LogP contribution in [0.3, 0.4) is 0 Å². The van der Waals surface area contributed by atoms with Gasteiger partial charge in [-0.1, -0.05) is 43.3 Å². The molecule has 6 heteroatoms. The molecule has 6 nitrogen and oxygen atoms in total. The zero-order valence-electron chi connectivity index (χ0n) is 16.3. The van der Waals surface area contributed by atoms with Gasteiger partial charge in [-0.2, -0.15) is 0 Å². The van der Waals surface area contributed by atoms with Gasteiger partial charge in [0.1, 0.15) is 5.76 Å². The molecule has 0 radical (unpaired) electrons. The van der Waals surface area contributed by atoms with Gasteiger partial charge in [0, 0.05) is 32.2 Å². The van der Waals surface area contributed by atoms with E-state index in [1.165, 1.54) is 0 Å². The number of methoxy groups -OCH3 is 1. The average Bonchev–Trinajstić information content (AvgIpc) is 3.06. The Labute approximate surface area is 156 Å². The lowest BCUT2D eigenvalue weighted by Crippen LogP contribution is -2.37. The molecule has 2 aromatic rings. The highest BCUT2D eigenvalue weighted by Gasteiger charge is 2.13. The van der Waals surface area contributed by atoms with Gasteiger partial charge in [0.2, 0.25) is 0 Å². The third-order valence-corrected chi connectivity index (χ3v) is 4.11. The summed E-state index contributed by atoms with van der Waals surface area (Å²) in [4.78, 5) is 4.70. The van der Waals surface area contributed by atoms with Gasteiger partial charge in [-0.25, -0.2) is 4.99 Å². The quantitative estimate of drug-likeness (QED) is 0.532. The Bertz CT molecular complexity index is 688. The summed E-state index contributed by atoms with van der Waals surface area (Å²) < 4.78 is 10.6. The Balaban J connectivity index is 2.05. The molecule has 0 saturated heterocycles. The second kappa shape index (κ2) is 10.6. The summed E-state index contributed by atoms with van der Waals surface area (Å²) in [6.45, 7) is 8.92. The highest BCUT2D eigenvalue weighted by atomic mass is 16.5. The fourth-order valence-corrected chi connectivity index (χ4v) is 2.81. The normalized spacial score (nSPS) is 11.6. The molecule has 0 aliphatic rings. The standard InChI is InChI=1S/C20H30N4O2/c1-5-18-17(19(6-2)26-24-18)13-23-20(21-7-3)22-12-15-9-8-10-16(11-15)14-25-4/h8-11H,5-7,12-14H2,1-4H3,(H2,21,22,23). The van der Waals surface area contributed by atoms with Gasteiger partial charge in [0.05, 0.1) is 18.8 Å². The van der Waals surface area contributed by atoms with Crippen LogP contribution in [0.2, 0.25) is 0 Å². The number of hydrogen-bond donors (Lipinski definition) is 2. The van der Waals surface area contributed by atoms with Crippen molar-refractivity contribution in [1.82, 2.24) is 15.8 Å². The molecule has 2 rings (SSSR count). The lowest BCUT2D eigenvalue weighted by molar-refractivity contribution is 0.185. The summed E-state index contributed by atoms with van der Waals surface area (Å²) in [7, 11) is 1.71. The highest BCUT2D eigenvalue weighted by Crippen LogP contribution is 2.15. The number of ether oxygens (including phenoxy) is 1. The third kappa shape index (κ3) is 5.59. The molecule has 142 valence electrons. The topological polar surface area (TPSA) is 71.7 Å². The first kappa shape index (κ1) is 20.0. The zero-order valence-corrected chi connectivity index (χ0v) is 16.3. The second-order valence-electron chi connectivity index (χ2n) is 6.04. The van der Waals surface area contributed by atoms with Crippen LogP contribution >= 0.6 is 0 Å². The van der Waals surface area contributed by atoms with Gasteiger partial charge < -0.3 is 19.9 Å². The largest absolute Gasteiger partial charge is 0.380 e. The summed E-state index contributed by atoms with van der Waals surface area (Å²) in [6.07, 6.45) is 1.70. The molecule has 2 N–H and O–H groups in total. The molecule has 1 aromatic carbocycles. The van der Waals surface area contributed by atoms with E-state index in [0.29, 0.717) is 19.7 Å². The Hall–Kier alpha value is -2.34. The van der Waals surface area contributed by atoms with Crippen LogP contribution in [-0.2, 0) is 37.3 Å². The molecular weight excluding hydrogens is 328 g/mol. The molecule has 0 aliphatic carbocycles. The predicted molar refractivity (Wildman–Crippen MR) is 104 cm³/mol. The molecule has 0 aliphatic heterocycles. The molecule has 26 heavy (non-hydrogen) atoms. The summed E-state index contributed by atoms with van der Waals surface area (Å²) in [6, 6.07) is 8.31. The summed E-state index contributed by atoms with van der Waals surface area (Å²) >= 11 is 0. The van der Waals surface area contributed by atoms with Gasteiger partial charge in [0.25, 0.3) is 0 Å². The van der Waals surface area contributed by atoms with Crippen molar-refractivity contribution in [3.63, 3.8) is 0 Å². The molecule has 1 heterocycles. The molecule has 1 aromatic heterocycles. The predicted octanol–water partition coefficient (Wildman–Crippen LogP) is 3.20. The minimum atomic E-state index is 0.609. The Morgan fingerprint density at radius 1 is 1.15 bits per heavy atom. The van der Waals surface area contributed by atoms with Crippen molar-refractivity contribution in [3.05, 3.63) is 52.4 Å².